The van der Waals surface area contributed by atoms with Gasteiger partial charge in [-0.3, -0.25) is 15.0 Å². The second-order valence-electron chi connectivity index (χ2n) is 4.35. The number of nitrogens with zero attached hydrogens (tertiary/aromatic N) is 3. The van der Waals surface area contributed by atoms with Crippen LogP contribution in [0.4, 0.5) is 5.69 Å². The van der Waals surface area contributed by atoms with Crippen LogP contribution in [0.2, 0.25) is 0 Å². The van der Waals surface area contributed by atoms with E-state index in [1.54, 1.807) is 0 Å². The summed E-state index contributed by atoms with van der Waals surface area (Å²) in [5.41, 5.74) is -0.188. The fraction of sp³-hybridized carbons (Fsp3) is 0.462. The predicted molar refractivity (Wildman–Crippen MR) is 70.6 cm³/mol. The zero-order chi connectivity index (χ0) is 14.4. The molecule has 1 heterocycles. The maximum atomic E-state index is 10.7. The molecule has 0 unspecified atom stereocenters. The number of ether oxygens (including phenoxy) is 2. The van der Waals surface area contributed by atoms with Crippen molar-refractivity contribution in [3.05, 3.63) is 33.9 Å². The highest BCUT2D eigenvalue weighted by Crippen LogP contribution is 2.23. The number of hydrogen-bond acceptors (Lipinski definition) is 6. The van der Waals surface area contributed by atoms with Gasteiger partial charge in [0.25, 0.3) is 5.69 Å². The molecular weight excluding hydrogens is 262 g/mol. The van der Waals surface area contributed by atoms with Crippen LogP contribution in [0.15, 0.2) is 18.2 Å². The number of nitro groups is 1. The molecule has 1 aromatic rings. The molecule has 0 radical (unpaired) electrons. The highest BCUT2D eigenvalue weighted by Gasteiger charge is 2.14. The lowest BCUT2D eigenvalue weighted by atomic mass is 10.2. The normalized spacial score (nSPS) is 15.6. The van der Waals surface area contributed by atoms with Crippen LogP contribution in [0, 0.1) is 21.4 Å². The smallest absolute Gasteiger partial charge is 0.287 e. The van der Waals surface area contributed by atoms with Crippen LogP contribution >= 0.6 is 0 Å². The summed E-state index contributed by atoms with van der Waals surface area (Å²) in [6.45, 7) is 4.47. The molecule has 106 valence electrons. The standard InChI is InChI=1S/C13H15N3O4/c14-10-11-9-12(1-2-13(11)16(17)18)20-8-5-15-3-6-19-7-4-15/h1-2,9H,3-8H2. The average Bonchev–Trinajstić information content (AvgIpc) is 2.48. The summed E-state index contributed by atoms with van der Waals surface area (Å²) in [4.78, 5) is 12.4. The first-order chi connectivity index (χ1) is 9.70. The maximum absolute atomic E-state index is 10.7. The predicted octanol–water partition coefficient (Wildman–Crippen LogP) is 1.18. The Morgan fingerprint density at radius 1 is 1.45 bits per heavy atom. The van der Waals surface area contributed by atoms with E-state index in [-0.39, 0.29) is 11.3 Å². The van der Waals surface area contributed by atoms with Crippen molar-refractivity contribution in [3.63, 3.8) is 0 Å². The topological polar surface area (TPSA) is 88.6 Å². The Balaban J connectivity index is 1.90. The van der Waals surface area contributed by atoms with E-state index in [2.05, 4.69) is 4.90 Å². The van der Waals surface area contributed by atoms with Crippen molar-refractivity contribution in [3.8, 4) is 11.8 Å². The minimum absolute atomic E-state index is 0.0128. The quantitative estimate of drug-likeness (QED) is 0.593. The second kappa shape index (κ2) is 6.84. The minimum Gasteiger partial charge on any atom is -0.492 e. The van der Waals surface area contributed by atoms with Gasteiger partial charge in [-0.1, -0.05) is 0 Å². The average molecular weight is 277 g/mol. The van der Waals surface area contributed by atoms with Gasteiger partial charge in [0.15, 0.2) is 0 Å². The first-order valence-electron chi connectivity index (χ1n) is 6.32. The van der Waals surface area contributed by atoms with Gasteiger partial charge in [0.05, 0.1) is 18.1 Å². The van der Waals surface area contributed by atoms with Gasteiger partial charge < -0.3 is 9.47 Å². The van der Waals surface area contributed by atoms with Gasteiger partial charge in [-0.15, -0.1) is 0 Å². The van der Waals surface area contributed by atoms with Crippen molar-refractivity contribution in [1.82, 2.24) is 4.90 Å². The molecule has 1 aliphatic heterocycles. The lowest BCUT2D eigenvalue weighted by molar-refractivity contribution is -0.385. The molecule has 1 aromatic carbocycles. The van der Waals surface area contributed by atoms with Gasteiger partial charge in [-0.25, -0.2) is 0 Å². The van der Waals surface area contributed by atoms with E-state index >= 15 is 0 Å². The molecule has 0 aromatic heterocycles. The monoisotopic (exact) mass is 277 g/mol. The van der Waals surface area contributed by atoms with E-state index in [1.807, 2.05) is 6.07 Å². The first-order valence-corrected chi connectivity index (χ1v) is 6.32. The number of morpholine rings is 1. The van der Waals surface area contributed by atoms with E-state index in [4.69, 9.17) is 14.7 Å². The Morgan fingerprint density at radius 2 is 2.20 bits per heavy atom. The third kappa shape index (κ3) is 3.66. The van der Waals surface area contributed by atoms with Gasteiger partial charge in [0.2, 0.25) is 0 Å². The lowest BCUT2D eigenvalue weighted by Crippen LogP contribution is -2.38. The molecular formula is C13H15N3O4. The highest BCUT2D eigenvalue weighted by atomic mass is 16.6. The molecule has 7 heteroatoms. The molecule has 1 aliphatic rings. The molecule has 0 amide bonds. The molecule has 7 nitrogen and oxygen atoms in total. The summed E-state index contributed by atoms with van der Waals surface area (Å²) in [5, 5.41) is 19.6. The summed E-state index contributed by atoms with van der Waals surface area (Å²) >= 11 is 0. The number of nitro benzene ring substituents is 1. The van der Waals surface area contributed by atoms with E-state index in [0.717, 1.165) is 32.8 Å². The fourth-order valence-corrected chi connectivity index (χ4v) is 1.97. The lowest BCUT2D eigenvalue weighted by Gasteiger charge is -2.26. The van der Waals surface area contributed by atoms with Gasteiger partial charge in [0, 0.05) is 31.8 Å². The highest BCUT2D eigenvalue weighted by molar-refractivity contribution is 5.52. The zero-order valence-electron chi connectivity index (χ0n) is 10.9. The van der Waals surface area contributed by atoms with Crippen LogP contribution in [-0.2, 0) is 4.74 Å². The molecule has 2 rings (SSSR count). The summed E-state index contributed by atoms with van der Waals surface area (Å²) in [6, 6.07) is 6.02. The van der Waals surface area contributed by atoms with Gasteiger partial charge in [-0.2, -0.15) is 5.26 Å². The van der Waals surface area contributed by atoms with Crippen molar-refractivity contribution in [1.29, 1.82) is 5.26 Å². The molecule has 0 aliphatic carbocycles. The zero-order valence-corrected chi connectivity index (χ0v) is 10.9. The molecule has 1 saturated heterocycles. The summed E-state index contributed by atoms with van der Waals surface area (Å²) in [6.07, 6.45) is 0. The largest absolute Gasteiger partial charge is 0.492 e. The number of nitriles is 1. The van der Waals surface area contributed by atoms with Crippen molar-refractivity contribution < 1.29 is 14.4 Å². The third-order valence-corrected chi connectivity index (χ3v) is 3.07. The van der Waals surface area contributed by atoms with Crippen LogP contribution < -0.4 is 4.74 Å². The molecule has 0 bridgehead atoms. The van der Waals surface area contributed by atoms with Crippen molar-refractivity contribution in [2.75, 3.05) is 39.5 Å². The van der Waals surface area contributed by atoms with Crippen LogP contribution in [0.1, 0.15) is 5.56 Å². The second-order valence-corrected chi connectivity index (χ2v) is 4.35. The van der Waals surface area contributed by atoms with E-state index in [1.165, 1.54) is 18.2 Å². The Kier molecular flexibility index (Phi) is 4.87. The number of rotatable bonds is 5. The number of hydrogen-bond donors (Lipinski definition) is 0. The summed E-state index contributed by atoms with van der Waals surface area (Å²) in [5.74, 6) is 0.473. The van der Waals surface area contributed by atoms with Crippen molar-refractivity contribution in [2.45, 2.75) is 0 Å². The molecule has 20 heavy (non-hydrogen) atoms. The van der Waals surface area contributed by atoms with Crippen LogP contribution in [0.5, 0.6) is 5.75 Å². The van der Waals surface area contributed by atoms with Gasteiger partial charge in [0.1, 0.15) is 24.0 Å². The van der Waals surface area contributed by atoms with E-state index in [0.29, 0.717) is 12.4 Å². The van der Waals surface area contributed by atoms with Gasteiger partial charge in [-0.05, 0) is 6.07 Å². The van der Waals surface area contributed by atoms with Crippen LogP contribution in [0.3, 0.4) is 0 Å². The Bertz CT molecular complexity index is 521. The molecule has 0 spiro atoms. The summed E-state index contributed by atoms with van der Waals surface area (Å²) < 4.78 is 10.8. The SMILES string of the molecule is N#Cc1cc(OCCN2CCOCC2)ccc1[N+](=O)[O-]. The van der Waals surface area contributed by atoms with Gasteiger partial charge >= 0.3 is 0 Å². The molecule has 0 N–H and O–H groups in total. The first kappa shape index (κ1) is 14.2. The Labute approximate surface area is 116 Å². The molecule has 1 fully saturated rings. The molecule has 0 saturated carbocycles. The van der Waals surface area contributed by atoms with Crippen LogP contribution in [0.25, 0.3) is 0 Å². The van der Waals surface area contributed by atoms with Crippen molar-refractivity contribution >= 4 is 5.69 Å². The Hall–Kier alpha value is -2.17. The van der Waals surface area contributed by atoms with E-state index < -0.39 is 4.92 Å². The fourth-order valence-electron chi connectivity index (χ4n) is 1.97. The molecule has 0 atom stereocenters. The Morgan fingerprint density at radius 3 is 2.85 bits per heavy atom. The number of benzene rings is 1. The maximum Gasteiger partial charge on any atom is 0.287 e. The van der Waals surface area contributed by atoms with E-state index in [9.17, 15) is 10.1 Å². The summed E-state index contributed by atoms with van der Waals surface area (Å²) in [7, 11) is 0. The third-order valence-electron chi connectivity index (χ3n) is 3.07. The minimum atomic E-state index is -0.573. The van der Waals surface area contributed by atoms with Crippen molar-refractivity contribution in [2.24, 2.45) is 0 Å². The van der Waals surface area contributed by atoms with Crippen LogP contribution in [-0.4, -0.2) is 49.3 Å².